The van der Waals surface area contributed by atoms with Crippen LogP contribution in [-0.4, -0.2) is 27.1 Å². The van der Waals surface area contributed by atoms with Gasteiger partial charge in [-0.2, -0.15) is 0 Å². The average molecular weight is 258 g/mol. The third-order valence-corrected chi connectivity index (χ3v) is 2.66. The lowest BCUT2D eigenvalue weighted by molar-refractivity contribution is 0.0689. The van der Waals surface area contributed by atoms with Crippen molar-refractivity contribution in [3.63, 3.8) is 0 Å². The predicted molar refractivity (Wildman–Crippen MR) is 53.3 cm³/mol. The normalized spacial score (nSPS) is 15.2. The molecule has 0 aromatic carbocycles. The fourth-order valence-corrected chi connectivity index (χ4v) is 1.53. The number of aromatic carboxylic acids is 1. The Bertz CT molecular complexity index is 379. The first-order chi connectivity index (χ1) is 6.68. The maximum atomic E-state index is 10.7. The fourth-order valence-electron chi connectivity index (χ4n) is 1.04. The van der Waals surface area contributed by atoms with E-state index in [4.69, 9.17) is 5.11 Å². The van der Waals surface area contributed by atoms with Gasteiger partial charge in [0.1, 0.15) is 12.1 Å². The van der Waals surface area contributed by atoms with Crippen molar-refractivity contribution in [2.45, 2.75) is 18.9 Å². The van der Waals surface area contributed by atoms with E-state index in [1.165, 1.54) is 6.33 Å². The molecular weight excluding hydrogens is 250 g/mol. The molecule has 1 fully saturated rings. The van der Waals surface area contributed by atoms with Gasteiger partial charge in [0.05, 0.1) is 4.47 Å². The van der Waals surface area contributed by atoms with Gasteiger partial charge >= 0.3 is 5.97 Å². The highest BCUT2D eigenvalue weighted by Gasteiger charge is 2.24. The molecule has 2 N–H and O–H groups in total. The molecule has 0 atom stereocenters. The van der Waals surface area contributed by atoms with Gasteiger partial charge in [-0.15, -0.1) is 0 Å². The summed E-state index contributed by atoms with van der Waals surface area (Å²) in [5, 5.41) is 11.9. The third kappa shape index (κ3) is 1.84. The molecule has 0 radical (unpaired) electrons. The lowest BCUT2D eigenvalue weighted by Crippen LogP contribution is -2.09. The SMILES string of the molecule is O=C(O)c1ncnc(NC2CC2)c1Br. The zero-order valence-electron chi connectivity index (χ0n) is 7.20. The number of carboxylic acids is 1. The molecule has 5 nitrogen and oxygen atoms in total. The highest BCUT2D eigenvalue weighted by molar-refractivity contribution is 9.10. The van der Waals surface area contributed by atoms with Gasteiger partial charge in [0.25, 0.3) is 0 Å². The van der Waals surface area contributed by atoms with Gasteiger partial charge in [-0.05, 0) is 28.8 Å². The summed E-state index contributed by atoms with van der Waals surface area (Å²) in [5.41, 5.74) is -0.0110. The maximum Gasteiger partial charge on any atom is 0.355 e. The molecule has 14 heavy (non-hydrogen) atoms. The number of rotatable bonds is 3. The Labute approximate surface area is 88.7 Å². The standard InChI is InChI=1S/C8H8BrN3O2/c9-5-6(8(13)14)10-3-11-7(5)12-4-1-2-4/h3-4H,1-2H2,(H,13,14)(H,10,11,12). The third-order valence-electron chi connectivity index (χ3n) is 1.91. The minimum absolute atomic E-state index is 0.0110. The van der Waals surface area contributed by atoms with Crippen molar-refractivity contribution in [1.82, 2.24) is 9.97 Å². The summed E-state index contributed by atoms with van der Waals surface area (Å²) in [6.45, 7) is 0. The zero-order valence-corrected chi connectivity index (χ0v) is 8.78. The van der Waals surface area contributed by atoms with E-state index in [2.05, 4.69) is 31.2 Å². The van der Waals surface area contributed by atoms with E-state index >= 15 is 0 Å². The highest BCUT2D eigenvalue weighted by atomic mass is 79.9. The largest absolute Gasteiger partial charge is 0.476 e. The van der Waals surface area contributed by atoms with Crippen molar-refractivity contribution >= 4 is 27.7 Å². The van der Waals surface area contributed by atoms with Crippen molar-refractivity contribution in [1.29, 1.82) is 0 Å². The number of nitrogens with one attached hydrogen (secondary N) is 1. The second-order valence-electron chi connectivity index (χ2n) is 3.11. The zero-order chi connectivity index (χ0) is 10.1. The average Bonchev–Trinajstić information content (AvgIpc) is 2.92. The smallest absolute Gasteiger partial charge is 0.355 e. The molecule has 1 aliphatic rings. The lowest BCUT2D eigenvalue weighted by atomic mass is 10.4. The molecule has 1 aromatic rings. The molecule has 1 aliphatic carbocycles. The Morgan fingerprint density at radius 3 is 2.86 bits per heavy atom. The number of nitrogens with zero attached hydrogens (tertiary/aromatic N) is 2. The van der Waals surface area contributed by atoms with Gasteiger partial charge in [-0.25, -0.2) is 14.8 Å². The van der Waals surface area contributed by atoms with Crippen LogP contribution in [0.1, 0.15) is 23.3 Å². The van der Waals surface area contributed by atoms with E-state index in [0.29, 0.717) is 16.3 Å². The van der Waals surface area contributed by atoms with Crippen molar-refractivity contribution in [3.05, 3.63) is 16.5 Å². The molecule has 1 aromatic heterocycles. The summed E-state index contributed by atoms with van der Waals surface area (Å²) < 4.78 is 0.416. The number of halogens is 1. The Morgan fingerprint density at radius 2 is 2.29 bits per heavy atom. The van der Waals surface area contributed by atoms with Crippen LogP contribution in [0, 0.1) is 0 Å². The molecule has 0 unspecified atom stereocenters. The van der Waals surface area contributed by atoms with Gasteiger partial charge in [-0.1, -0.05) is 0 Å². The van der Waals surface area contributed by atoms with E-state index in [1.54, 1.807) is 0 Å². The summed E-state index contributed by atoms with van der Waals surface area (Å²) in [6, 6.07) is 0.433. The highest BCUT2D eigenvalue weighted by Crippen LogP contribution is 2.29. The van der Waals surface area contributed by atoms with Crippen molar-refractivity contribution in [3.8, 4) is 0 Å². The van der Waals surface area contributed by atoms with Gasteiger partial charge in [0.15, 0.2) is 5.69 Å². The van der Waals surface area contributed by atoms with Crippen LogP contribution in [0.15, 0.2) is 10.8 Å². The van der Waals surface area contributed by atoms with Crippen LogP contribution in [0.4, 0.5) is 5.82 Å². The first kappa shape index (κ1) is 9.39. The molecule has 1 heterocycles. The summed E-state index contributed by atoms with van der Waals surface area (Å²) in [5.74, 6) is -0.502. The van der Waals surface area contributed by atoms with Crippen LogP contribution in [0.2, 0.25) is 0 Å². The predicted octanol–water partition coefficient (Wildman–Crippen LogP) is 1.51. The van der Waals surface area contributed by atoms with E-state index in [1.807, 2.05) is 0 Å². The lowest BCUT2D eigenvalue weighted by Gasteiger charge is -2.06. The maximum absolute atomic E-state index is 10.7. The molecule has 0 bridgehead atoms. The summed E-state index contributed by atoms with van der Waals surface area (Å²) >= 11 is 3.17. The number of hydrogen-bond donors (Lipinski definition) is 2. The van der Waals surface area contributed by atoms with Gasteiger partial charge in [0, 0.05) is 6.04 Å². The van der Waals surface area contributed by atoms with Crippen LogP contribution in [0.5, 0.6) is 0 Å². The quantitative estimate of drug-likeness (QED) is 0.859. The molecule has 0 aliphatic heterocycles. The van der Waals surface area contributed by atoms with E-state index in [0.717, 1.165) is 12.8 Å². The fraction of sp³-hybridized carbons (Fsp3) is 0.375. The number of anilines is 1. The number of hydrogen-bond acceptors (Lipinski definition) is 4. The second-order valence-corrected chi connectivity index (χ2v) is 3.90. The van der Waals surface area contributed by atoms with Crippen LogP contribution < -0.4 is 5.32 Å². The van der Waals surface area contributed by atoms with E-state index in [-0.39, 0.29) is 5.69 Å². The van der Waals surface area contributed by atoms with Gasteiger partial charge < -0.3 is 10.4 Å². The minimum Gasteiger partial charge on any atom is -0.476 e. The topological polar surface area (TPSA) is 75.1 Å². The van der Waals surface area contributed by atoms with Crippen LogP contribution in [-0.2, 0) is 0 Å². The number of aromatic nitrogens is 2. The molecule has 0 amide bonds. The minimum atomic E-state index is -1.06. The molecule has 1 saturated carbocycles. The Kier molecular flexibility index (Phi) is 2.37. The van der Waals surface area contributed by atoms with Crippen LogP contribution in [0.25, 0.3) is 0 Å². The first-order valence-electron chi connectivity index (χ1n) is 4.19. The van der Waals surface area contributed by atoms with Gasteiger partial charge in [-0.3, -0.25) is 0 Å². The monoisotopic (exact) mass is 257 g/mol. The molecular formula is C8H8BrN3O2. The van der Waals surface area contributed by atoms with Crippen LogP contribution >= 0.6 is 15.9 Å². The Morgan fingerprint density at radius 1 is 1.57 bits per heavy atom. The Hall–Kier alpha value is -1.17. The first-order valence-corrected chi connectivity index (χ1v) is 4.98. The molecule has 6 heteroatoms. The second kappa shape index (κ2) is 3.53. The van der Waals surface area contributed by atoms with E-state index < -0.39 is 5.97 Å². The number of carboxylic acid groups (broad SMARTS) is 1. The Balaban J connectivity index is 2.30. The summed E-state index contributed by atoms with van der Waals surface area (Å²) in [4.78, 5) is 18.4. The molecule has 0 spiro atoms. The number of carbonyl (C=O) groups is 1. The van der Waals surface area contributed by atoms with E-state index in [9.17, 15) is 4.79 Å². The van der Waals surface area contributed by atoms with Crippen LogP contribution in [0.3, 0.4) is 0 Å². The molecule has 0 saturated heterocycles. The summed E-state index contributed by atoms with van der Waals surface area (Å²) in [7, 11) is 0. The van der Waals surface area contributed by atoms with Crippen molar-refractivity contribution < 1.29 is 9.90 Å². The van der Waals surface area contributed by atoms with Crippen molar-refractivity contribution in [2.24, 2.45) is 0 Å². The van der Waals surface area contributed by atoms with Gasteiger partial charge in [0.2, 0.25) is 0 Å². The summed E-state index contributed by atoms with van der Waals surface area (Å²) in [6.07, 6.45) is 3.47. The molecule has 2 rings (SSSR count). The molecule has 74 valence electrons. The van der Waals surface area contributed by atoms with Crippen molar-refractivity contribution in [2.75, 3.05) is 5.32 Å².